The van der Waals surface area contributed by atoms with Gasteiger partial charge in [-0.25, -0.2) is 0 Å². The van der Waals surface area contributed by atoms with E-state index in [4.69, 9.17) is 0 Å². The van der Waals surface area contributed by atoms with Crippen LogP contribution in [-0.2, 0) is 12.4 Å². The summed E-state index contributed by atoms with van der Waals surface area (Å²) in [5, 5.41) is 3.38. The van der Waals surface area contributed by atoms with Gasteiger partial charge in [0, 0.05) is 32.9 Å². The van der Waals surface area contributed by atoms with E-state index < -0.39 is 34.6 Å². The number of aryl methyl sites for hydroxylation is 8. The zero-order chi connectivity index (χ0) is 54.7. The van der Waals surface area contributed by atoms with Crippen LogP contribution in [0.2, 0.25) is 0 Å². The van der Waals surface area contributed by atoms with E-state index in [1.165, 1.54) is 24.3 Å². The van der Waals surface area contributed by atoms with Gasteiger partial charge in [0.05, 0.1) is 33.2 Å². The van der Waals surface area contributed by atoms with Crippen molar-refractivity contribution in [1.29, 1.82) is 0 Å². The van der Waals surface area contributed by atoms with Crippen LogP contribution in [0, 0.1) is 55.4 Å². The number of aromatic nitrogens is 2. The van der Waals surface area contributed by atoms with E-state index in [1.54, 1.807) is 0 Å². The van der Waals surface area contributed by atoms with Gasteiger partial charge in [0.2, 0.25) is 0 Å². The van der Waals surface area contributed by atoms with Gasteiger partial charge in [0.1, 0.15) is 0 Å². The van der Waals surface area contributed by atoms with Gasteiger partial charge in [-0.1, -0.05) is 144 Å². The van der Waals surface area contributed by atoms with Crippen LogP contribution in [-0.4, -0.2) is 9.13 Å². The van der Waals surface area contributed by atoms with Crippen LogP contribution in [0.15, 0.2) is 182 Å². The Bertz CT molecular complexity index is 3940. The van der Waals surface area contributed by atoms with E-state index in [0.29, 0.717) is 22.1 Å². The third-order valence-electron chi connectivity index (χ3n) is 15.7. The fourth-order valence-corrected chi connectivity index (χ4v) is 12.1. The molecule has 12 aromatic rings. The minimum Gasteiger partial charge on any atom is -0.309 e. The van der Waals surface area contributed by atoms with Crippen molar-refractivity contribution < 1.29 is 26.3 Å². The van der Waals surface area contributed by atoms with Crippen molar-refractivity contribution in [1.82, 2.24) is 9.13 Å². The van der Waals surface area contributed by atoms with Crippen LogP contribution in [0.4, 0.5) is 26.3 Å². The Balaban J connectivity index is 1.15. The molecule has 0 spiro atoms. The molecule has 78 heavy (non-hydrogen) atoms. The second-order valence-electron chi connectivity index (χ2n) is 21.3. The Labute approximate surface area is 449 Å². The molecule has 0 unspecified atom stereocenters. The fraction of sp³-hybridized carbons (Fsp3) is 0.143. The molecular formula is C70H54F6N2. The first-order valence-corrected chi connectivity index (χ1v) is 26.1. The summed E-state index contributed by atoms with van der Waals surface area (Å²) < 4.78 is 98.5. The van der Waals surface area contributed by atoms with Gasteiger partial charge in [-0.2, -0.15) is 26.3 Å². The molecule has 10 aromatic carbocycles. The lowest BCUT2D eigenvalue weighted by Gasteiger charge is -2.21. The van der Waals surface area contributed by atoms with Gasteiger partial charge in [-0.05, 0) is 194 Å². The van der Waals surface area contributed by atoms with Crippen LogP contribution >= 0.6 is 0 Å². The summed E-state index contributed by atoms with van der Waals surface area (Å²) in [6, 6.07) is 56.5. The zero-order valence-electron chi connectivity index (χ0n) is 44.5. The minimum atomic E-state index is -5.03. The molecule has 0 saturated carbocycles. The SMILES string of the molecule is Cc1ccc(-c2ccc3c4ccc(-c5ccc(C)cc5C)cc4n(-c4ccc(C(F)(F)F)c(-c5cc(-n6c7cc(-c8ccc(C)cc8C)ccc7c7ccc(-c8ccc(C)cc8C)cc76)ccc5C(F)(F)F)c4)c3c2)c(C)c1. The molecule has 0 amide bonds. The maximum absolute atomic E-state index is 15.8. The van der Waals surface area contributed by atoms with Gasteiger partial charge in [0.25, 0.3) is 0 Å². The van der Waals surface area contributed by atoms with Gasteiger partial charge in [-0.15, -0.1) is 0 Å². The molecule has 0 aliphatic carbocycles. The van der Waals surface area contributed by atoms with Gasteiger partial charge in [0.15, 0.2) is 0 Å². The number of rotatable bonds is 7. The molecule has 0 atom stereocenters. The number of hydrogen-bond donors (Lipinski definition) is 0. The average molecular weight is 1040 g/mol. The fourth-order valence-electron chi connectivity index (χ4n) is 12.1. The highest BCUT2D eigenvalue weighted by Crippen LogP contribution is 2.47. The Morgan fingerprint density at radius 3 is 0.744 bits per heavy atom. The highest BCUT2D eigenvalue weighted by molar-refractivity contribution is 6.13. The largest absolute Gasteiger partial charge is 0.417 e. The van der Waals surface area contributed by atoms with Crippen molar-refractivity contribution >= 4 is 43.6 Å². The molecule has 0 bridgehead atoms. The molecule has 8 heteroatoms. The highest BCUT2D eigenvalue weighted by Gasteiger charge is 2.39. The molecular weight excluding hydrogens is 983 g/mol. The van der Waals surface area contributed by atoms with Crippen molar-refractivity contribution in [3.63, 3.8) is 0 Å². The molecule has 12 rings (SSSR count). The lowest BCUT2D eigenvalue weighted by atomic mass is 9.93. The Hall–Kier alpha value is -8.62. The third kappa shape index (κ3) is 8.64. The molecule has 0 aliphatic heterocycles. The number of fused-ring (bicyclic) bond motifs is 6. The summed E-state index contributed by atoms with van der Waals surface area (Å²) in [6.45, 7) is 16.3. The summed E-state index contributed by atoms with van der Waals surface area (Å²) in [6.07, 6.45) is -10.1. The maximum atomic E-state index is 15.8. The standard InChI is InChI=1S/C70H54F6N2/c1-39-9-19-53(43(5)29-39)47-13-23-57-58-24-14-48(54-20-10-40(2)30-44(54)6)34-66(58)77(65(57)33-47)51-17-27-63(69(71,72)73)61(37-51)62-38-52(18-28-64(62)70(74,75)76)78-67-35-49(55-21-11-41(3)31-45(55)7)15-25-59(67)60-26-16-50(36-68(60)78)56-22-12-42(4)32-46(56)8/h9-38H,1-8H3. The van der Waals surface area contributed by atoms with Gasteiger partial charge >= 0.3 is 12.4 Å². The first-order chi connectivity index (χ1) is 37.2. The number of alkyl halides is 6. The summed E-state index contributed by atoms with van der Waals surface area (Å²) in [4.78, 5) is 0. The van der Waals surface area contributed by atoms with E-state index in [-0.39, 0.29) is 11.4 Å². The molecule has 386 valence electrons. The quantitative estimate of drug-likeness (QED) is 0.141. The van der Waals surface area contributed by atoms with Gasteiger partial charge in [-0.3, -0.25) is 0 Å². The smallest absolute Gasteiger partial charge is 0.309 e. The number of halogens is 6. The lowest BCUT2D eigenvalue weighted by Crippen LogP contribution is -2.12. The minimum absolute atomic E-state index is 0.278. The molecule has 0 N–H and O–H groups in total. The monoisotopic (exact) mass is 1040 g/mol. The number of hydrogen-bond acceptors (Lipinski definition) is 0. The van der Waals surface area contributed by atoms with Crippen LogP contribution in [0.3, 0.4) is 0 Å². The van der Waals surface area contributed by atoms with Crippen LogP contribution < -0.4 is 0 Å². The van der Waals surface area contributed by atoms with E-state index in [2.05, 4.69) is 48.5 Å². The summed E-state index contributed by atoms with van der Waals surface area (Å²) in [5.41, 5.74) is 15.9. The maximum Gasteiger partial charge on any atom is 0.417 e. The molecule has 2 heterocycles. The van der Waals surface area contributed by atoms with Crippen molar-refractivity contribution in [3.8, 4) is 67.0 Å². The normalized spacial score (nSPS) is 12.2. The van der Waals surface area contributed by atoms with Crippen molar-refractivity contribution in [3.05, 3.63) is 238 Å². The highest BCUT2D eigenvalue weighted by atomic mass is 19.4. The molecule has 2 aromatic heterocycles. The molecule has 0 radical (unpaired) electrons. The Morgan fingerprint density at radius 1 is 0.256 bits per heavy atom. The average Bonchev–Trinajstić information content (AvgIpc) is 3.97. The van der Waals surface area contributed by atoms with E-state index >= 15 is 26.3 Å². The predicted octanol–water partition coefficient (Wildman–Crippen LogP) is 20.7. The Kier molecular flexibility index (Phi) is 11.9. The summed E-state index contributed by atoms with van der Waals surface area (Å²) in [5.74, 6) is 0. The summed E-state index contributed by atoms with van der Waals surface area (Å²) in [7, 11) is 0. The molecule has 2 nitrogen and oxygen atoms in total. The van der Waals surface area contributed by atoms with Crippen LogP contribution in [0.1, 0.15) is 55.6 Å². The second kappa shape index (κ2) is 18.5. The molecule has 0 saturated heterocycles. The van der Waals surface area contributed by atoms with Crippen molar-refractivity contribution in [2.45, 2.75) is 67.7 Å². The molecule has 0 aliphatic rings. The van der Waals surface area contributed by atoms with E-state index in [9.17, 15) is 0 Å². The number of nitrogens with zero attached hydrogens (tertiary/aromatic N) is 2. The second-order valence-corrected chi connectivity index (χ2v) is 21.3. The summed E-state index contributed by atoms with van der Waals surface area (Å²) >= 11 is 0. The first-order valence-electron chi connectivity index (χ1n) is 26.1. The topological polar surface area (TPSA) is 9.86 Å². The van der Waals surface area contributed by atoms with Crippen molar-refractivity contribution in [2.75, 3.05) is 0 Å². The Morgan fingerprint density at radius 2 is 0.513 bits per heavy atom. The van der Waals surface area contributed by atoms with Crippen LogP contribution in [0.25, 0.3) is 111 Å². The van der Waals surface area contributed by atoms with Crippen LogP contribution in [0.5, 0.6) is 0 Å². The van der Waals surface area contributed by atoms with Crippen molar-refractivity contribution in [2.24, 2.45) is 0 Å². The molecule has 0 fully saturated rings. The predicted molar refractivity (Wildman–Crippen MR) is 310 cm³/mol. The lowest BCUT2D eigenvalue weighted by molar-refractivity contribution is -0.139. The third-order valence-corrected chi connectivity index (χ3v) is 15.7. The number of benzene rings is 10. The van der Waals surface area contributed by atoms with Gasteiger partial charge < -0.3 is 9.13 Å². The van der Waals surface area contributed by atoms with E-state index in [0.717, 1.165) is 123 Å². The van der Waals surface area contributed by atoms with E-state index in [1.807, 2.05) is 162 Å². The first kappa shape index (κ1) is 50.2. The zero-order valence-corrected chi connectivity index (χ0v) is 44.5.